The predicted octanol–water partition coefficient (Wildman–Crippen LogP) is 3.97. The van der Waals surface area contributed by atoms with Gasteiger partial charge in [0.05, 0.1) is 4.47 Å². The molecule has 0 atom stereocenters. The van der Waals surface area contributed by atoms with Crippen LogP contribution in [-0.2, 0) is 9.05 Å². The van der Waals surface area contributed by atoms with Crippen LogP contribution >= 0.6 is 37.9 Å². The number of rotatable bonds is 3. The summed E-state index contributed by atoms with van der Waals surface area (Å²) in [7, 11) is 1.22. The van der Waals surface area contributed by atoms with Gasteiger partial charge in [0.15, 0.2) is 11.6 Å². The van der Waals surface area contributed by atoms with E-state index >= 15 is 0 Å². The first-order valence-corrected chi connectivity index (χ1v) is 9.16. The molecule has 0 aliphatic rings. The number of anilines is 1. The molecule has 0 spiro atoms. The molecule has 1 amide bonds. The maximum absolute atomic E-state index is 13.0. The monoisotopic (exact) mass is 415 g/mol. The van der Waals surface area contributed by atoms with Crippen LogP contribution in [0.5, 0.6) is 0 Å². The van der Waals surface area contributed by atoms with Gasteiger partial charge in [-0.1, -0.05) is 0 Å². The van der Waals surface area contributed by atoms with E-state index in [4.69, 9.17) is 10.7 Å². The summed E-state index contributed by atoms with van der Waals surface area (Å²) in [5.41, 5.74) is 0.0366. The van der Waals surface area contributed by atoms with Crippen LogP contribution in [0, 0.1) is 11.6 Å². The van der Waals surface area contributed by atoms with Crippen LogP contribution < -0.4 is 5.32 Å². The Labute approximate surface area is 135 Å². The fraction of sp³-hybridized carbons (Fsp3) is 0. The maximum atomic E-state index is 13.0. The van der Waals surface area contributed by atoms with Crippen LogP contribution in [0.25, 0.3) is 0 Å². The lowest BCUT2D eigenvalue weighted by Gasteiger charge is -2.04. The van der Waals surface area contributed by atoms with Crippen molar-refractivity contribution in [1.82, 2.24) is 0 Å². The highest BCUT2D eigenvalue weighted by atomic mass is 79.9. The summed E-state index contributed by atoms with van der Waals surface area (Å²) in [4.78, 5) is 11.8. The number of carbonyl (C=O) groups is 1. The second-order valence-electron chi connectivity index (χ2n) is 3.76. The lowest BCUT2D eigenvalue weighted by Crippen LogP contribution is -2.11. The van der Waals surface area contributed by atoms with Crippen molar-refractivity contribution < 1.29 is 22.0 Å². The van der Waals surface area contributed by atoms with E-state index in [2.05, 4.69) is 21.2 Å². The van der Waals surface area contributed by atoms with Crippen LogP contribution in [0.4, 0.5) is 14.5 Å². The van der Waals surface area contributed by atoms with Gasteiger partial charge in [0.1, 0.15) is 9.77 Å². The average molecular weight is 417 g/mol. The zero-order chi connectivity index (χ0) is 15.8. The molecule has 10 heteroatoms. The van der Waals surface area contributed by atoms with Crippen molar-refractivity contribution in [2.24, 2.45) is 0 Å². The van der Waals surface area contributed by atoms with Gasteiger partial charge in [-0.25, -0.2) is 17.2 Å². The Kier molecular flexibility index (Phi) is 4.66. The molecule has 0 bridgehead atoms. The van der Waals surface area contributed by atoms with Gasteiger partial charge < -0.3 is 5.32 Å². The van der Waals surface area contributed by atoms with Gasteiger partial charge >= 0.3 is 0 Å². The molecule has 0 saturated heterocycles. The second-order valence-corrected chi connectivity index (χ2v) is 7.97. The predicted molar refractivity (Wildman–Crippen MR) is 79.4 cm³/mol. The molecule has 2 aromatic rings. The van der Waals surface area contributed by atoms with E-state index in [-0.39, 0.29) is 19.9 Å². The molecular formula is C11H5BrClF2NO3S2. The third kappa shape index (κ3) is 3.60. The van der Waals surface area contributed by atoms with E-state index in [0.717, 1.165) is 23.5 Å². The van der Waals surface area contributed by atoms with E-state index in [1.165, 1.54) is 11.4 Å². The Morgan fingerprint density at radius 3 is 2.48 bits per heavy atom. The average Bonchev–Trinajstić information content (AvgIpc) is 2.75. The van der Waals surface area contributed by atoms with Crippen LogP contribution in [-0.4, -0.2) is 14.3 Å². The van der Waals surface area contributed by atoms with E-state index in [9.17, 15) is 22.0 Å². The molecule has 1 heterocycles. The number of carbonyl (C=O) groups excluding carboxylic acids is 1. The summed E-state index contributed by atoms with van der Waals surface area (Å²) in [6.45, 7) is 0. The number of hydrogen-bond donors (Lipinski definition) is 1. The highest BCUT2D eigenvalue weighted by molar-refractivity contribution is 9.10. The minimum Gasteiger partial charge on any atom is -0.321 e. The Bertz CT molecular complexity index is 823. The molecule has 4 nitrogen and oxygen atoms in total. The van der Waals surface area contributed by atoms with Gasteiger partial charge in [-0.2, -0.15) is 0 Å². The molecule has 1 aromatic heterocycles. The van der Waals surface area contributed by atoms with Gasteiger partial charge in [0.25, 0.3) is 15.0 Å². The molecule has 0 unspecified atom stereocenters. The Morgan fingerprint density at radius 1 is 1.29 bits per heavy atom. The number of nitrogens with one attached hydrogen (secondary N) is 1. The van der Waals surface area contributed by atoms with Crippen molar-refractivity contribution in [3.05, 3.63) is 44.6 Å². The Morgan fingerprint density at radius 2 is 1.95 bits per heavy atom. The van der Waals surface area contributed by atoms with Crippen molar-refractivity contribution in [1.29, 1.82) is 0 Å². The summed E-state index contributed by atoms with van der Waals surface area (Å²) in [5.74, 6) is -2.83. The fourth-order valence-corrected chi connectivity index (χ4v) is 5.31. The summed E-state index contributed by atoms with van der Waals surface area (Å²) >= 11 is 3.83. The summed E-state index contributed by atoms with van der Waals surface area (Å²) in [6.07, 6.45) is 0. The number of amides is 1. The van der Waals surface area contributed by atoms with Crippen molar-refractivity contribution in [3.63, 3.8) is 0 Å². The highest BCUT2D eigenvalue weighted by Crippen LogP contribution is 2.34. The number of hydrogen-bond acceptors (Lipinski definition) is 4. The van der Waals surface area contributed by atoms with Gasteiger partial charge in [0, 0.05) is 27.8 Å². The molecule has 1 aromatic carbocycles. The molecule has 0 fully saturated rings. The largest absolute Gasteiger partial charge is 0.321 e. The zero-order valence-electron chi connectivity index (χ0n) is 9.86. The summed E-state index contributed by atoms with van der Waals surface area (Å²) in [6, 6.07) is 2.86. The Balaban J connectivity index is 2.29. The third-order valence-electron chi connectivity index (χ3n) is 2.35. The topological polar surface area (TPSA) is 63.2 Å². The fourth-order valence-electron chi connectivity index (χ4n) is 1.41. The van der Waals surface area contributed by atoms with Crippen molar-refractivity contribution in [2.45, 2.75) is 4.90 Å². The smallest absolute Gasteiger partial charge is 0.266 e. The molecule has 2 rings (SSSR count). The van der Waals surface area contributed by atoms with E-state index in [0.29, 0.717) is 0 Å². The number of thiophene rings is 1. The molecule has 21 heavy (non-hydrogen) atoms. The van der Waals surface area contributed by atoms with Crippen LogP contribution in [0.1, 0.15) is 9.67 Å². The lowest BCUT2D eigenvalue weighted by atomic mass is 10.3. The molecule has 0 radical (unpaired) electrons. The van der Waals surface area contributed by atoms with Crippen LogP contribution in [0.15, 0.2) is 32.9 Å². The molecule has 0 aliphatic carbocycles. The molecule has 1 N–H and O–H groups in total. The minimum atomic E-state index is -3.99. The van der Waals surface area contributed by atoms with Gasteiger partial charge in [0.2, 0.25) is 0 Å². The summed E-state index contributed by atoms with van der Waals surface area (Å²) < 4.78 is 48.3. The molecule has 112 valence electrons. The normalized spacial score (nSPS) is 11.4. The molecule has 0 aliphatic heterocycles. The van der Waals surface area contributed by atoms with E-state index < -0.39 is 26.6 Å². The van der Waals surface area contributed by atoms with Gasteiger partial charge in [-0.05, 0) is 28.1 Å². The first-order chi connectivity index (χ1) is 9.70. The molecule has 0 saturated carbocycles. The minimum absolute atomic E-state index is 0.0163. The first kappa shape index (κ1) is 16.3. The second kappa shape index (κ2) is 5.99. The SMILES string of the molecule is O=C(Nc1ccc(F)c(F)c1)c1scc(S(=O)(=O)Cl)c1Br. The van der Waals surface area contributed by atoms with Crippen LogP contribution in [0.3, 0.4) is 0 Å². The standard InChI is InChI=1S/C11H5BrClF2NO3S2/c12-9-8(21(13,18)19)4-20-10(9)11(17)16-5-1-2-6(14)7(15)3-5/h1-4H,(H,16,17). The van der Waals surface area contributed by atoms with E-state index in [1.807, 2.05) is 0 Å². The lowest BCUT2D eigenvalue weighted by molar-refractivity contribution is 0.102. The van der Waals surface area contributed by atoms with Crippen molar-refractivity contribution >= 4 is 58.6 Å². The van der Waals surface area contributed by atoms with Crippen LogP contribution in [0.2, 0.25) is 0 Å². The highest BCUT2D eigenvalue weighted by Gasteiger charge is 2.23. The quantitative estimate of drug-likeness (QED) is 0.770. The zero-order valence-corrected chi connectivity index (χ0v) is 13.8. The first-order valence-electron chi connectivity index (χ1n) is 5.18. The summed E-state index contributed by atoms with van der Waals surface area (Å²) in [5, 5.41) is 3.53. The van der Waals surface area contributed by atoms with Crippen molar-refractivity contribution in [2.75, 3.05) is 5.32 Å². The van der Waals surface area contributed by atoms with E-state index in [1.54, 1.807) is 0 Å². The van der Waals surface area contributed by atoms with Gasteiger partial charge in [-0.3, -0.25) is 4.79 Å². The van der Waals surface area contributed by atoms with Gasteiger partial charge in [-0.15, -0.1) is 11.3 Å². The number of benzene rings is 1. The third-order valence-corrected chi connectivity index (χ3v) is 6.17. The number of halogens is 4. The maximum Gasteiger partial charge on any atom is 0.266 e. The molecular weight excluding hydrogens is 412 g/mol. The van der Waals surface area contributed by atoms with Crippen molar-refractivity contribution in [3.8, 4) is 0 Å². The Hall–Kier alpha value is -1.03.